The molecule has 0 aromatic rings. The SMILES string of the molecule is C#CCOCCCCCCCC(=O)O. The number of carboxylic acids is 1. The number of ether oxygens (including phenoxy) is 1. The van der Waals surface area contributed by atoms with Gasteiger partial charge in [0.15, 0.2) is 0 Å². The lowest BCUT2D eigenvalue weighted by Crippen LogP contribution is -1.95. The van der Waals surface area contributed by atoms with Gasteiger partial charge in [0.05, 0.1) is 0 Å². The van der Waals surface area contributed by atoms with E-state index >= 15 is 0 Å². The van der Waals surface area contributed by atoms with E-state index < -0.39 is 5.97 Å². The van der Waals surface area contributed by atoms with E-state index in [1.807, 2.05) is 0 Å². The third kappa shape index (κ3) is 11.0. The number of terminal acetylenes is 1. The summed E-state index contributed by atoms with van der Waals surface area (Å²) in [6, 6.07) is 0. The zero-order chi connectivity index (χ0) is 10.6. The third-order valence-electron chi connectivity index (χ3n) is 1.86. The Bertz CT molecular complexity index is 181. The average molecular weight is 198 g/mol. The van der Waals surface area contributed by atoms with Crippen LogP contribution < -0.4 is 0 Å². The Kier molecular flexibility index (Phi) is 9.35. The van der Waals surface area contributed by atoms with Gasteiger partial charge in [0.25, 0.3) is 0 Å². The highest BCUT2D eigenvalue weighted by Gasteiger charge is 1.96. The maximum atomic E-state index is 10.2. The van der Waals surface area contributed by atoms with Crippen molar-refractivity contribution in [3.05, 3.63) is 0 Å². The van der Waals surface area contributed by atoms with Crippen molar-refractivity contribution in [2.45, 2.75) is 38.5 Å². The number of carbonyl (C=O) groups is 1. The van der Waals surface area contributed by atoms with Gasteiger partial charge < -0.3 is 9.84 Å². The van der Waals surface area contributed by atoms with Gasteiger partial charge in [0.1, 0.15) is 6.61 Å². The van der Waals surface area contributed by atoms with Crippen LogP contribution in [0.5, 0.6) is 0 Å². The van der Waals surface area contributed by atoms with E-state index in [-0.39, 0.29) is 6.42 Å². The Balaban J connectivity index is 2.93. The van der Waals surface area contributed by atoms with Crippen LogP contribution in [0.4, 0.5) is 0 Å². The van der Waals surface area contributed by atoms with E-state index in [1.54, 1.807) is 0 Å². The molecule has 1 N–H and O–H groups in total. The lowest BCUT2D eigenvalue weighted by atomic mass is 10.1. The van der Waals surface area contributed by atoms with E-state index in [2.05, 4.69) is 5.92 Å². The molecule has 3 nitrogen and oxygen atoms in total. The Hall–Kier alpha value is -1.01. The minimum absolute atomic E-state index is 0.285. The molecule has 0 fully saturated rings. The van der Waals surface area contributed by atoms with Gasteiger partial charge in [0, 0.05) is 13.0 Å². The van der Waals surface area contributed by atoms with Gasteiger partial charge in [-0.05, 0) is 12.8 Å². The smallest absolute Gasteiger partial charge is 0.303 e. The van der Waals surface area contributed by atoms with Crippen molar-refractivity contribution in [1.82, 2.24) is 0 Å². The van der Waals surface area contributed by atoms with E-state index in [0.29, 0.717) is 13.2 Å². The minimum Gasteiger partial charge on any atom is -0.481 e. The van der Waals surface area contributed by atoms with Crippen LogP contribution in [0.25, 0.3) is 0 Å². The first-order chi connectivity index (χ1) is 6.77. The van der Waals surface area contributed by atoms with Gasteiger partial charge in [-0.25, -0.2) is 0 Å². The Labute approximate surface area is 85.5 Å². The summed E-state index contributed by atoms with van der Waals surface area (Å²) in [6.45, 7) is 1.10. The average Bonchev–Trinajstić information content (AvgIpc) is 2.15. The van der Waals surface area contributed by atoms with E-state index in [1.165, 1.54) is 0 Å². The molecule has 0 rings (SSSR count). The van der Waals surface area contributed by atoms with E-state index in [0.717, 1.165) is 32.1 Å². The van der Waals surface area contributed by atoms with Crippen molar-refractivity contribution in [3.8, 4) is 12.3 Å². The van der Waals surface area contributed by atoms with Crippen molar-refractivity contribution in [2.75, 3.05) is 13.2 Å². The van der Waals surface area contributed by atoms with E-state index in [9.17, 15) is 4.79 Å². The van der Waals surface area contributed by atoms with Crippen LogP contribution in [0, 0.1) is 12.3 Å². The maximum Gasteiger partial charge on any atom is 0.303 e. The molecule has 0 aliphatic heterocycles. The number of hydrogen-bond donors (Lipinski definition) is 1. The second-order valence-corrected chi connectivity index (χ2v) is 3.17. The van der Waals surface area contributed by atoms with Crippen molar-refractivity contribution < 1.29 is 14.6 Å². The molecule has 0 amide bonds. The molecule has 0 aromatic carbocycles. The van der Waals surface area contributed by atoms with Gasteiger partial charge in [-0.15, -0.1) is 6.42 Å². The highest BCUT2D eigenvalue weighted by Crippen LogP contribution is 2.05. The molecular weight excluding hydrogens is 180 g/mol. The normalized spacial score (nSPS) is 9.64. The second-order valence-electron chi connectivity index (χ2n) is 3.17. The summed E-state index contributed by atoms with van der Waals surface area (Å²) in [6.07, 6.45) is 10.2. The fourth-order valence-corrected chi connectivity index (χ4v) is 1.14. The summed E-state index contributed by atoms with van der Waals surface area (Å²) in [7, 11) is 0. The molecule has 0 saturated carbocycles. The predicted molar refractivity (Wildman–Crippen MR) is 55.0 cm³/mol. The predicted octanol–water partition coefficient (Wildman–Crippen LogP) is 2.06. The molecule has 0 saturated heterocycles. The molecule has 14 heavy (non-hydrogen) atoms. The van der Waals surface area contributed by atoms with Crippen LogP contribution in [0.2, 0.25) is 0 Å². The molecule has 0 radical (unpaired) electrons. The van der Waals surface area contributed by atoms with Gasteiger partial charge >= 0.3 is 5.97 Å². The molecule has 80 valence electrons. The maximum absolute atomic E-state index is 10.2. The molecule has 0 heterocycles. The first-order valence-electron chi connectivity index (χ1n) is 5.00. The van der Waals surface area contributed by atoms with Crippen LogP contribution in [0.15, 0.2) is 0 Å². The van der Waals surface area contributed by atoms with Crippen molar-refractivity contribution in [2.24, 2.45) is 0 Å². The highest BCUT2D eigenvalue weighted by atomic mass is 16.5. The molecular formula is C11H18O3. The number of carboxylic acid groups (broad SMARTS) is 1. The molecule has 3 heteroatoms. The molecule has 0 spiro atoms. The summed E-state index contributed by atoms with van der Waals surface area (Å²) in [4.78, 5) is 10.2. The first kappa shape index (κ1) is 13.0. The molecule has 0 aliphatic rings. The Morgan fingerprint density at radius 1 is 1.21 bits per heavy atom. The summed E-state index contributed by atoms with van der Waals surface area (Å²) in [5.74, 6) is 1.70. The van der Waals surface area contributed by atoms with Crippen LogP contribution in [0.3, 0.4) is 0 Å². The Morgan fingerprint density at radius 2 is 1.86 bits per heavy atom. The highest BCUT2D eigenvalue weighted by molar-refractivity contribution is 5.66. The lowest BCUT2D eigenvalue weighted by molar-refractivity contribution is -0.137. The molecule has 0 atom stereocenters. The summed E-state index contributed by atoms with van der Waals surface area (Å²) in [5.41, 5.74) is 0. The molecule has 0 unspecified atom stereocenters. The van der Waals surface area contributed by atoms with Crippen molar-refractivity contribution in [1.29, 1.82) is 0 Å². The number of hydrogen-bond acceptors (Lipinski definition) is 2. The fraction of sp³-hybridized carbons (Fsp3) is 0.727. The third-order valence-corrected chi connectivity index (χ3v) is 1.86. The van der Waals surface area contributed by atoms with Gasteiger partial charge in [-0.2, -0.15) is 0 Å². The van der Waals surface area contributed by atoms with Gasteiger partial charge in [-0.3, -0.25) is 4.79 Å². The molecule has 0 aliphatic carbocycles. The lowest BCUT2D eigenvalue weighted by Gasteiger charge is -2.00. The zero-order valence-electron chi connectivity index (χ0n) is 8.50. The van der Waals surface area contributed by atoms with Crippen LogP contribution in [-0.2, 0) is 9.53 Å². The standard InChI is InChI=1S/C11H18O3/c1-2-9-14-10-7-5-3-4-6-8-11(12)13/h1H,3-10H2,(H,12,13). The number of unbranched alkanes of at least 4 members (excludes halogenated alkanes) is 4. The Morgan fingerprint density at radius 3 is 2.50 bits per heavy atom. The summed E-state index contributed by atoms with van der Waals surface area (Å²) < 4.78 is 5.10. The summed E-state index contributed by atoms with van der Waals surface area (Å²) in [5, 5.41) is 8.37. The molecule has 0 aromatic heterocycles. The zero-order valence-corrected chi connectivity index (χ0v) is 8.50. The molecule has 0 bridgehead atoms. The quantitative estimate of drug-likeness (QED) is 0.455. The topological polar surface area (TPSA) is 46.5 Å². The van der Waals surface area contributed by atoms with Crippen LogP contribution >= 0.6 is 0 Å². The van der Waals surface area contributed by atoms with Crippen molar-refractivity contribution in [3.63, 3.8) is 0 Å². The first-order valence-corrected chi connectivity index (χ1v) is 5.00. The van der Waals surface area contributed by atoms with Crippen molar-refractivity contribution >= 4 is 5.97 Å². The monoisotopic (exact) mass is 198 g/mol. The number of aliphatic carboxylic acids is 1. The van der Waals surface area contributed by atoms with Gasteiger partial charge in [0.2, 0.25) is 0 Å². The number of rotatable bonds is 9. The minimum atomic E-state index is -0.706. The van der Waals surface area contributed by atoms with Gasteiger partial charge in [-0.1, -0.05) is 25.2 Å². The van der Waals surface area contributed by atoms with E-state index in [4.69, 9.17) is 16.3 Å². The van der Waals surface area contributed by atoms with Crippen LogP contribution in [0.1, 0.15) is 38.5 Å². The fourth-order valence-electron chi connectivity index (χ4n) is 1.14. The second kappa shape index (κ2) is 10.1. The summed E-state index contributed by atoms with van der Waals surface area (Å²) >= 11 is 0. The largest absolute Gasteiger partial charge is 0.481 e. The van der Waals surface area contributed by atoms with Crippen LogP contribution in [-0.4, -0.2) is 24.3 Å².